The van der Waals surface area contributed by atoms with E-state index in [1.165, 1.54) is 6.42 Å². The topological polar surface area (TPSA) is 46.3 Å². The standard InChI is InChI=1S/C15H22N2O/c1-11-5-3-6-12(2)17(11)15(18)10-13-7-4-8-14(16)9-13/h4,7-9,11-12H,3,5-6,10,16H2,1-2H3/t11-,12-/m0/s1. The lowest BCUT2D eigenvalue weighted by molar-refractivity contribution is -0.136. The molecule has 2 rings (SSSR count). The first-order valence-electron chi connectivity index (χ1n) is 6.73. The molecule has 0 radical (unpaired) electrons. The maximum Gasteiger partial charge on any atom is 0.227 e. The molecule has 18 heavy (non-hydrogen) atoms. The number of carbonyl (C=O) groups is 1. The van der Waals surface area contributed by atoms with Crippen LogP contribution in [-0.4, -0.2) is 22.9 Å². The molecule has 1 amide bonds. The molecule has 1 aromatic carbocycles. The van der Waals surface area contributed by atoms with Gasteiger partial charge in [0.1, 0.15) is 0 Å². The first-order valence-corrected chi connectivity index (χ1v) is 6.73. The van der Waals surface area contributed by atoms with Crippen molar-refractivity contribution in [2.75, 3.05) is 5.73 Å². The van der Waals surface area contributed by atoms with Gasteiger partial charge in [-0.05, 0) is 50.8 Å². The highest BCUT2D eigenvalue weighted by molar-refractivity contribution is 5.79. The molecule has 2 atom stereocenters. The fourth-order valence-corrected chi connectivity index (χ4v) is 2.88. The van der Waals surface area contributed by atoms with Crippen LogP contribution in [0.2, 0.25) is 0 Å². The van der Waals surface area contributed by atoms with Gasteiger partial charge < -0.3 is 10.6 Å². The van der Waals surface area contributed by atoms with E-state index in [1.807, 2.05) is 29.2 Å². The Hall–Kier alpha value is -1.51. The first kappa shape index (κ1) is 12.9. The zero-order valence-corrected chi connectivity index (χ0v) is 11.2. The highest BCUT2D eigenvalue weighted by Crippen LogP contribution is 2.23. The van der Waals surface area contributed by atoms with Gasteiger partial charge in [-0.15, -0.1) is 0 Å². The third-order valence-corrected chi connectivity index (χ3v) is 3.79. The molecule has 3 heteroatoms. The number of anilines is 1. The number of amides is 1. The van der Waals surface area contributed by atoms with E-state index >= 15 is 0 Å². The number of nitrogens with two attached hydrogens (primary N) is 1. The van der Waals surface area contributed by atoms with Gasteiger partial charge in [-0.25, -0.2) is 0 Å². The number of rotatable bonds is 2. The van der Waals surface area contributed by atoms with E-state index in [9.17, 15) is 4.79 Å². The van der Waals surface area contributed by atoms with Crippen LogP contribution in [0.3, 0.4) is 0 Å². The molecule has 0 aromatic heterocycles. The van der Waals surface area contributed by atoms with Gasteiger partial charge in [-0.1, -0.05) is 12.1 Å². The summed E-state index contributed by atoms with van der Waals surface area (Å²) in [7, 11) is 0. The summed E-state index contributed by atoms with van der Waals surface area (Å²) in [5, 5.41) is 0. The second kappa shape index (κ2) is 5.42. The predicted octanol–water partition coefficient (Wildman–Crippen LogP) is 2.60. The van der Waals surface area contributed by atoms with E-state index in [0.717, 1.165) is 24.1 Å². The molecule has 1 fully saturated rings. The Labute approximate surface area is 109 Å². The van der Waals surface area contributed by atoms with Crippen LogP contribution in [-0.2, 0) is 11.2 Å². The Morgan fingerprint density at radius 3 is 2.61 bits per heavy atom. The van der Waals surface area contributed by atoms with Crippen molar-refractivity contribution in [3.05, 3.63) is 29.8 Å². The van der Waals surface area contributed by atoms with E-state index in [1.54, 1.807) is 0 Å². The molecule has 3 nitrogen and oxygen atoms in total. The van der Waals surface area contributed by atoms with Gasteiger partial charge >= 0.3 is 0 Å². The predicted molar refractivity (Wildman–Crippen MR) is 74.2 cm³/mol. The van der Waals surface area contributed by atoms with Gasteiger partial charge in [0, 0.05) is 17.8 Å². The molecule has 1 saturated heterocycles. The minimum Gasteiger partial charge on any atom is -0.399 e. The average Bonchev–Trinajstić information content (AvgIpc) is 2.28. The molecule has 2 N–H and O–H groups in total. The number of nitrogens with zero attached hydrogens (tertiary/aromatic N) is 1. The fourth-order valence-electron chi connectivity index (χ4n) is 2.88. The molecule has 0 aliphatic carbocycles. The molecule has 1 aromatic rings. The van der Waals surface area contributed by atoms with Gasteiger partial charge in [0.05, 0.1) is 6.42 Å². The molecular weight excluding hydrogens is 224 g/mol. The minimum absolute atomic E-state index is 0.223. The minimum atomic E-state index is 0.223. The normalized spacial score (nSPS) is 24.0. The molecule has 0 unspecified atom stereocenters. The number of carbonyl (C=O) groups excluding carboxylic acids is 1. The molecule has 0 saturated carbocycles. The van der Waals surface area contributed by atoms with Gasteiger partial charge in [-0.2, -0.15) is 0 Å². The van der Waals surface area contributed by atoms with Gasteiger partial charge in [0.15, 0.2) is 0 Å². The quantitative estimate of drug-likeness (QED) is 0.815. The van der Waals surface area contributed by atoms with Gasteiger partial charge in [0.25, 0.3) is 0 Å². The summed E-state index contributed by atoms with van der Waals surface area (Å²) >= 11 is 0. The Bertz CT molecular complexity index is 420. The van der Waals surface area contributed by atoms with Crippen LogP contribution in [0.1, 0.15) is 38.7 Å². The van der Waals surface area contributed by atoms with Crippen molar-refractivity contribution in [2.45, 2.75) is 51.6 Å². The van der Waals surface area contributed by atoms with Crippen molar-refractivity contribution in [1.82, 2.24) is 4.90 Å². The molecule has 0 bridgehead atoms. The van der Waals surface area contributed by atoms with E-state index in [2.05, 4.69) is 13.8 Å². The number of hydrogen-bond donors (Lipinski definition) is 1. The van der Waals surface area contributed by atoms with Crippen molar-refractivity contribution >= 4 is 11.6 Å². The molecular formula is C15H22N2O. The lowest BCUT2D eigenvalue weighted by atomic mass is 9.96. The molecule has 1 aliphatic heterocycles. The summed E-state index contributed by atoms with van der Waals surface area (Å²) in [4.78, 5) is 14.4. The number of benzene rings is 1. The number of likely N-dealkylation sites (tertiary alicyclic amines) is 1. The Balaban J connectivity index is 2.07. The van der Waals surface area contributed by atoms with Crippen molar-refractivity contribution in [2.24, 2.45) is 0 Å². The number of nitrogen functional groups attached to an aromatic ring is 1. The molecule has 1 heterocycles. The van der Waals surface area contributed by atoms with E-state index in [0.29, 0.717) is 18.5 Å². The van der Waals surface area contributed by atoms with Crippen LogP contribution < -0.4 is 5.73 Å². The second-order valence-electron chi connectivity index (χ2n) is 5.35. The number of piperidine rings is 1. The highest BCUT2D eigenvalue weighted by atomic mass is 16.2. The molecule has 1 aliphatic rings. The maximum absolute atomic E-state index is 12.4. The molecule has 0 spiro atoms. The van der Waals surface area contributed by atoms with Crippen LogP contribution in [0.25, 0.3) is 0 Å². The smallest absolute Gasteiger partial charge is 0.227 e. The van der Waals surface area contributed by atoms with Crippen LogP contribution in [0.4, 0.5) is 5.69 Å². The zero-order chi connectivity index (χ0) is 13.1. The van der Waals surface area contributed by atoms with Crippen molar-refractivity contribution in [1.29, 1.82) is 0 Å². The maximum atomic E-state index is 12.4. The summed E-state index contributed by atoms with van der Waals surface area (Å²) in [5.74, 6) is 0.223. The van der Waals surface area contributed by atoms with Crippen LogP contribution in [0, 0.1) is 0 Å². The van der Waals surface area contributed by atoms with Gasteiger partial charge in [-0.3, -0.25) is 4.79 Å². The molecule has 98 valence electrons. The SMILES string of the molecule is C[C@H]1CCC[C@H](C)N1C(=O)Cc1cccc(N)c1. The van der Waals surface area contributed by atoms with Crippen LogP contribution >= 0.6 is 0 Å². The summed E-state index contributed by atoms with van der Waals surface area (Å²) in [6, 6.07) is 8.33. The van der Waals surface area contributed by atoms with Crippen LogP contribution in [0.5, 0.6) is 0 Å². The van der Waals surface area contributed by atoms with Crippen molar-refractivity contribution < 1.29 is 4.79 Å². The Morgan fingerprint density at radius 2 is 2.00 bits per heavy atom. The lowest BCUT2D eigenvalue weighted by Crippen LogP contribution is -2.48. The van der Waals surface area contributed by atoms with E-state index in [-0.39, 0.29) is 5.91 Å². The van der Waals surface area contributed by atoms with E-state index in [4.69, 9.17) is 5.73 Å². The van der Waals surface area contributed by atoms with Crippen LogP contribution in [0.15, 0.2) is 24.3 Å². The lowest BCUT2D eigenvalue weighted by Gasteiger charge is -2.39. The summed E-state index contributed by atoms with van der Waals surface area (Å²) < 4.78 is 0. The summed E-state index contributed by atoms with van der Waals surface area (Å²) in [5.41, 5.74) is 7.47. The monoisotopic (exact) mass is 246 g/mol. The van der Waals surface area contributed by atoms with Gasteiger partial charge in [0.2, 0.25) is 5.91 Å². The first-order chi connectivity index (χ1) is 8.58. The summed E-state index contributed by atoms with van der Waals surface area (Å²) in [6.45, 7) is 4.29. The third kappa shape index (κ3) is 2.84. The average molecular weight is 246 g/mol. The summed E-state index contributed by atoms with van der Waals surface area (Å²) in [6.07, 6.45) is 3.92. The Kier molecular flexibility index (Phi) is 3.90. The van der Waals surface area contributed by atoms with Crippen molar-refractivity contribution in [3.8, 4) is 0 Å². The highest BCUT2D eigenvalue weighted by Gasteiger charge is 2.28. The zero-order valence-electron chi connectivity index (χ0n) is 11.2. The third-order valence-electron chi connectivity index (χ3n) is 3.79. The fraction of sp³-hybridized carbons (Fsp3) is 0.533. The van der Waals surface area contributed by atoms with E-state index < -0.39 is 0 Å². The Morgan fingerprint density at radius 1 is 1.33 bits per heavy atom. The second-order valence-corrected chi connectivity index (χ2v) is 5.35. The van der Waals surface area contributed by atoms with Crippen molar-refractivity contribution in [3.63, 3.8) is 0 Å². The number of hydrogen-bond acceptors (Lipinski definition) is 2. The largest absolute Gasteiger partial charge is 0.399 e.